The van der Waals surface area contributed by atoms with E-state index in [0.29, 0.717) is 32.4 Å². The van der Waals surface area contributed by atoms with Crippen molar-refractivity contribution >= 4 is 17.8 Å². The minimum absolute atomic E-state index is 0.0291. The summed E-state index contributed by atoms with van der Waals surface area (Å²) in [6.07, 6.45) is 5.58. The fourth-order valence-corrected chi connectivity index (χ4v) is 3.62. The molecular formula is C17H28N2O5. The maximum Gasteiger partial charge on any atom is 0.313 e. The van der Waals surface area contributed by atoms with E-state index in [1.165, 1.54) is 7.11 Å². The minimum atomic E-state index is -1.04. The van der Waals surface area contributed by atoms with Crippen molar-refractivity contribution in [3.05, 3.63) is 0 Å². The molecule has 1 atom stereocenters. The molecule has 136 valence electrons. The molecule has 0 aliphatic carbocycles. The monoisotopic (exact) mass is 340 g/mol. The predicted molar refractivity (Wildman–Crippen MR) is 87.4 cm³/mol. The van der Waals surface area contributed by atoms with Crippen LogP contribution in [0, 0.1) is 5.41 Å². The lowest BCUT2D eigenvalue weighted by Gasteiger charge is -2.40. The summed E-state index contributed by atoms with van der Waals surface area (Å²) in [6, 6.07) is 0. The normalized spacial score (nSPS) is 26.0. The number of methoxy groups -OCH3 is 1. The number of carbonyl (C=O) groups excluding carboxylic acids is 2. The van der Waals surface area contributed by atoms with Crippen LogP contribution < -0.4 is 0 Å². The van der Waals surface area contributed by atoms with E-state index in [1.54, 1.807) is 9.80 Å². The van der Waals surface area contributed by atoms with Gasteiger partial charge in [-0.05, 0) is 25.7 Å². The first-order valence-electron chi connectivity index (χ1n) is 8.76. The zero-order valence-electron chi connectivity index (χ0n) is 14.5. The molecular weight excluding hydrogens is 312 g/mol. The quantitative estimate of drug-likeness (QED) is 0.810. The van der Waals surface area contributed by atoms with Crippen molar-refractivity contribution in [2.75, 3.05) is 39.9 Å². The Labute approximate surface area is 142 Å². The van der Waals surface area contributed by atoms with Crippen LogP contribution in [0.4, 0.5) is 0 Å². The Bertz CT molecular complexity index is 478. The third kappa shape index (κ3) is 4.47. The van der Waals surface area contributed by atoms with E-state index in [2.05, 4.69) is 0 Å². The Morgan fingerprint density at radius 1 is 1.17 bits per heavy atom. The highest BCUT2D eigenvalue weighted by atomic mass is 16.5. The van der Waals surface area contributed by atoms with Crippen LogP contribution in [0.5, 0.6) is 0 Å². The molecule has 2 aliphatic rings. The number of hydrogen-bond acceptors (Lipinski definition) is 4. The van der Waals surface area contributed by atoms with Gasteiger partial charge < -0.3 is 19.6 Å². The summed E-state index contributed by atoms with van der Waals surface area (Å²) >= 11 is 0. The number of carboxylic acids is 1. The van der Waals surface area contributed by atoms with Crippen molar-refractivity contribution in [3.63, 3.8) is 0 Å². The van der Waals surface area contributed by atoms with Crippen molar-refractivity contribution < 1.29 is 24.2 Å². The highest BCUT2D eigenvalue weighted by Gasteiger charge is 2.44. The number of carboxylic acid groups (broad SMARTS) is 1. The molecule has 1 N–H and O–H groups in total. The number of nitrogens with zero attached hydrogens (tertiary/aromatic N) is 2. The Morgan fingerprint density at radius 2 is 1.92 bits per heavy atom. The number of rotatable bonds is 5. The molecule has 0 saturated carbocycles. The fraction of sp³-hybridized carbons (Fsp3) is 0.824. The smallest absolute Gasteiger partial charge is 0.313 e. The van der Waals surface area contributed by atoms with Crippen molar-refractivity contribution in [3.8, 4) is 0 Å². The van der Waals surface area contributed by atoms with Gasteiger partial charge in [0.25, 0.3) is 0 Å². The molecule has 0 radical (unpaired) electrons. The van der Waals surface area contributed by atoms with Crippen LogP contribution in [-0.4, -0.2) is 72.6 Å². The van der Waals surface area contributed by atoms with Gasteiger partial charge >= 0.3 is 5.97 Å². The summed E-state index contributed by atoms with van der Waals surface area (Å²) < 4.78 is 5.09. The Morgan fingerprint density at radius 3 is 2.62 bits per heavy atom. The average molecular weight is 340 g/mol. The first kappa shape index (κ1) is 18.7. The molecule has 0 aromatic heterocycles. The van der Waals surface area contributed by atoms with Gasteiger partial charge in [0, 0.05) is 33.2 Å². The van der Waals surface area contributed by atoms with Crippen LogP contribution in [-0.2, 0) is 19.1 Å². The van der Waals surface area contributed by atoms with Crippen LogP contribution in [0.2, 0.25) is 0 Å². The summed E-state index contributed by atoms with van der Waals surface area (Å²) in [7, 11) is 1.48. The van der Waals surface area contributed by atoms with Gasteiger partial charge in [-0.2, -0.15) is 0 Å². The van der Waals surface area contributed by atoms with E-state index in [-0.39, 0.29) is 31.5 Å². The number of amides is 2. The van der Waals surface area contributed by atoms with Crippen molar-refractivity contribution in [2.24, 2.45) is 5.41 Å². The molecule has 7 nitrogen and oxygen atoms in total. The van der Waals surface area contributed by atoms with E-state index >= 15 is 0 Å². The number of carbonyl (C=O) groups is 3. The van der Waals surface area contributed by atoms with Crippen LogP contribution in [0.25, 0.3) is 0 Å². The molecule has 2 amide bonds. The van der Waals surface area contributed by atoms with Gasteiger partial charge in [0.15, 0.2) is 0 Å². The molecule has 7 heteroatoms. The van der Waals surface area contributed by atoms with Crippen molar-refractivity contribution in [1.29, 1.82) is 0 Å². The van der Waals surface area contributed by atoms with Crippen LogP contribution in [0.15, 0.2) is 0 Å². The highest BCUT2D eigenvalue weighted by molar-refractivity contribution is 5.85. The Kier molecular flexibility index (Phi) is 6.60. The van der Waals surface area contributed by atoms with Gasteiger partial charge in [0.2, 0.25) is 11.8 Å². The summed E-state index contributed by atoms with van der Waals surface area (Å²) in [5.41, 5.74) is -1.04. The molecule has 2 aliphatic heterocycles. The molecule has 0 aromatic rings. The fourth-order valence-electron chi connectivity index (χ4n) is 3.62. The van der Waals surface area contributed by atoms with Gasteiger partial charge in [-0.1, -0.05) is 12.8 Å². The lowest BCUT2D eigenvalue weighted by molar-refractivity contribution is -0.160. The second-order valence-corrected chi connectivity index (χ2v) is 6.92. The SMILES string of the molecule is COCC1(C(=O)O)CCCN(C(=O)CN2CCCCCCC2=O)C1. The van der Waals surface area contributed by atoms with E-state index in [0.717, 1.165) is 25.7 Å². The highest BCUT2D eigenvalue weighted by Crippen LogP contribution is 2.31. The van der Waals surface area contributed by atoms with Crippen molar-refractivity contribution in [2.45, 2.75) is 44.9 Å². The largest absolute Gasteiger partial charge is 0.481 e. The van der Waals surface area contributed by atoms with Crippen LogP contribution in [0.1, 0.15) is 44.9 Å². The summed E-state index contributed by atoms with van der Waals surface area (Å²) in [5, 5.41) is 9.57. The third-order valence-electron chi connectivity index (χ3n) is 5.05. The topological polar surface area (TPSA) is 87.2 Å². The molecule has 2 fully saturated rings. The zero-order chi connectivity index (χ0) is 17.6. The Balaban J connectivity index is 2.00. The summed E-state index contributed by atoms with van der Waals surface area (Å²) in [4.78, 5) is 39.7. The first-order valence-corrected chi connectivity index (χ1v) is 8.76. The second-order valence-electron chi connectivity index (χ2n) is 6.92. The zero-order valence-corrected chi connectivity index (χ0v) is 14.5. The number of ether oxygens (including phenoxy) is 1. The first-order chi connectivity index (χ1) is 11.5. The molecule has 1 unspecified atom stereocenters. The van der Waals surface area contributed by atoms with Gasteiger partial charge in [-0.25, -0.2) is 0 Å². The lowest BCUT2D eigenvalue weighted by Crippen LogP contribution is -2.54. The van der Waals surface area contributed by atoms with E-state index in [9.17, 15) is 19.5 Å². The van der Waals surface area contributed by atoms with Crippen LogP contribution >= 0.6 is 0 Å². The predicted octanol–water partition coefficient (Wildman–Crippen LogP) is 1.12. The average Bonchev–Trinajstić information content (AvgIpc) is 2.55. The minimum Gasteiger partial charge on any atom is -0.481 e. The molecule has 0 spiro atoms. The standard InChI is InChI=1S/C17H28N2O5/c1-24-13-17(16(22)23)8-6-10-19(12-17)15(21)11-18-9-5-3-2-4-7-14(18)20/h2-13H2,1H3,(H,22,23). The summed E-state index contributed by atoms with van der Waals surface area (Å²) in [5.74, 6) is -1.06. The lowest BCUT2D eigenvalue weighted by atomic mass is 9.80. The maximum absolute atomic E-state index is 12.6. The number of piperidine rings is 1. The molecule has 0 aromatic carbocycles. The molecule has 2 heterocycles. The summed E-state index contributed by atoms with van der Waals surface area (Å²) in [6.45, 7) is 1.45. The van der Waals surface area contributed by atoms with Gasteiger partial charge in [-0.15, -0.1) is 0 Å². The maximum atomic E-state index is 12.6. The van der Waals surface area contributed by atoms with Gasteiger partial charge in [0.05, 0.1) is 13.2 Å². The number of hydrogen-bond donors (Lipinski definition) is 1. The van der Waals surface area contributed by atoms with Gasteiger partial charge in [-0.3, -0.25) is 14.4 Å². The van der Waals surface area contributed by atoms with E-state index in [4.69, 9.17) is 4.74 Å². The molecule has 24 heavy (non-hydrogen) atoms. The molecule has 2 rings (SSSR count). The van der Waals surface area contributed by atoms with Crippen LogP contribution in [0.3, 0.4) is 0 Å². The molecule has 0 bridgehead atoms. The van der Waals surface area contributed by atoms with E-state index in [1.807, 2.05) is 0 Å². The third-order valence-corrected chi connectivity index (χ3v) is 5.05. The van der Waals surface area contributed by atoms with Gasteiger partial charge in [0.1, 0.15) is 5.41 Å². The van der Waals surface area contributed by atoms with E-state index < -0.39 is 11.4 Å². The Hall–Kier alpha value is -1.63. The number of likely N-dealkylation sites (tertiary alicyclic amines) is 2. The molecule has 2 saturated heterocycles. The van der Waals surface area contributed by atoms with Crippen molar-refractivity contribution in [1.82, 2.24) is 9.80 Å². The second kappa shape index (κ2) is 8.46. The number of aliphatic carboxylic acids is 1.